The van der Waals surface area contributed by atoms with Crippen LogP contribution < -0.4 is 0 Å². The Hall–Kier alpha value is -2.02. The number of fused-ring (bicyclic) bond motifs is 1. The summed E-state index contributed by atoms with van der Waals surface area (Å²) in [5, 5.41) is 0. The summed E-state index contributed by atoms with van der Waals surface area (Å²) >= 11 is 0. The summed E-state index contributed by atoms with van der Waals surface area (Å²) in [4.78, 5) is 0. The highest BCUT2D eigenvalue weighted by Gasteiger charge is 2.40. The minimum absolute atomic E-state index is 0.466. The Morgan fingerprint density at radius 2 is 1.63 bits per heavy atom. The lowest BCUT2D eigenvalue weighted by Crippen LogP contribution is -2.01. The summed E-state index contributed by atoms with van der Waals surface area (Å²) in [7, 11) is 0. The first-order valence-corrected chi connectivity index (χ1v) is 6.91. The summed E-state index contributed by atoms with van der Waals surface area (Å²) in [6.07, 6.45) is 5.08. The van der Waals surface area contributed by atoms with E-state index in [-0.39, 0.29) is 0 Å². The van der Waals surface area contributed by atoms with Crippen molar-refractivity contribution in [3.05, 3.63) is 72.0 Å². The Kier molecular flexibility index (Phi) is 2.44. The molecular weight excluding hydrogens is 232 g/mol. The van der Waals surface area contributed by atoms with Crippen LogP contribution in [0.25, 0.3) is 11.1 Å². The Balaban J connectivity index is 1.50. The molecule has 1 heteroatoms. The maximum Gasteiger partial charge on any atom is 0.155 e. The van der Waals surface area contributed by atoms with Gasteiger partial charge >= 0.3 is 0 Å². The number of allylic oxidation sites excluding steroid dienone is 1. The SMILES string of the molecule is C1=C2O[C@H]2C[C@@H]1Cc1ccc(-c2ccccc2)cc1. The molecule has 0 spiro atoms. The van der Waals surface area contributed by atoms with E-state index >= 15 is 0 Å². The number of rotatable bonds is 3. The molecule has 0 N–H and O–H groups in total. The molecule has 1 heterocycles. The second kappa shape index (κ2) is 4.27. The molecule has 94 valence electrons. The van der Waals surface area contributed by atoms with E-state index in [1.54, 1.807) is 0 Å². The van der Waals surface area contributed by atoms with Gasteiger partial charge in [0.2, 0.25) is 0 Å². The zero-order valence-corrected chi connectivity index (χ0v) is 10.8. The van der Waals surface area contributed by atoms with Crippen molar-refractivity contribution in [2.45, 2.75) is 18.9 Å². The van der Waals surface area contributed by atoms with Gasteiger partial charge in [-0.2, -0.15) is 0 Å². The topological polar surface area (TPSA) is 12.5 Å². The van der Waals surface area contributed by atoms with Crippen LogP contribution in [-0.2, 0) is 11.2 Å². The van der Waals surface area contributed by atoms with Gasteiger partial charge in [0.1, 0.15) is 5.76 Å². The monoisotopic (exact) mass is 248 g/mol. The van der Waals surface area contributed by atoms with Gasteiger partial charge in [-0.1, -0.05) is 54.6 Å². The van der Waals surface area contributed by atoms with Crippen molar-refractivity contribution in [3.8, 4) is 11.1 Å². The van der Waals surface area contributed by atoms with Gasteiger partial charge in [0.05, 0.1) is 0 Å². The lowest BCUT2D eigenvalue weighted by molar-refractivity contribution is 0.368. The van der Waals surface area contributed by atoms with Crippen LogP contribution in [0.5, 0.6) is 0 Å². The van der Waals surface area contributed by atoms with Crippen molar-refractivity contribution in [2.24, 2.45) is 5.92 Å². The number of ether oxygens (including phenoxy) is 1. The fourth-order valence-corrected chi connectivity index (χ4v) is 2.93. The molecule has 0 amide bonds. The van der Waals surface area contributed by atoms with Crippen LogP contribution in [0.2, 0.25) is 0 Å². The second-order valence-corrected chi connectivity index (χ2v) is 5.44. The lowest BCUT2D eigenvalue weighted by Gasteiger charge is -2.09. The van der Waals surface area contributed by atoms with E-state index in [0.29, 0.717) is 12.0 Å². The summed E-state index contributed by atoms with van der Waals surface area (Å²) in [6.45, 7) is 0. The highest BCUT2D eigenvalue weighted by atomic mass is 16.6. The maximum absolute atomic E-state index is 5.36. The van der Waals surface area contributed by atoms with E-state index in [2.05, 4.69) is 60.7 Å². The number of epoxide rings is 1. The molecule has 0 saturated carbocycles. The van der Waals surface area contributed by atoms with Gasteiger partial charge in [0, 0.05) is 0 Å². The van der Waals surface area contributed by atoms with E-state index in [1.165, 1.54) is 28.9 Å². The first kappa shape index (κ1) is 10.9. The molecule has 2 aliphatic rings. The molecule has 0 aromatic heterocycles. The predicted molar refractivity (Wildman–Crippen MR) is 76.6 cm³/mol. The summed E-state index contributed by atoms with van der Waals surface area (Å²) in [5.41, 5.74) is 4.00. The second-order valence-electron chi connectivity index (χ2n) is 5.44. The van der Waals surface area contributed by atoms with Crippen LogP contribution in [0.4, 0.5) is 0 Å². The average Bonchev–Trinajstić information content (AvgIpc) is 3.08. The first-order valence-electron chi connectivity index (χ1n) is 6.91. The van der Waals surface area contributed by atoms with Crippen molar-refractivity contribution in [2.75, 3.05) is 0 Å². The summed E-state index contributed by atoms with van der Waals surface area (Å²) in [5.74, 6) is 1.90. The molecule has 0 bridgehead atoms. The highest BCUT2D eigenvalue weighted by Crippen LogP contribution is 2.41. The van der Waals surface area contributed by atoms with E-state index in [4.69, 9.17) is 4.74 Å². The van der Waals surface area contributed by atoms with Gasteiger partial charge in [-0.15, -0.1) is 0 Å². The molecule has 4 rings (SSSR count). The minimum Gasteiger partial charge on any atom is -0.483 e. The Morgan fingerprint density at radius 1 is 0.895 bits per heavy atom. The third kappa shape index (κ3) is 2.17. The molecule has 0 radical (unpaired) electrons. The third-order valence-corrected chi connectivity index (χ3v) is 4.01. The fraction of sp³-hybridized carbons (Fsp3) is 0.222. The summed E-state index contributed by atoms with van der Waals surface area (Å²) < 4.78 is 5.36. The molecule has 1 saturated heterocycles. The van der Waals surface area contributed by atoms with Crippen molar-refractivity contribution in [1.29, 1.82) is 0 Å². The van der Waals surface area contributed by atoms with Gasteiger partial charge in [0.25, 0.3) is 0 Å². The van der Waals surface area contributed by atoms with Crippen molar-refractivity contribution < 1.29 is 4.74 Å². The molecule has 1 aliphatic carbocycles. The number of hydrogen-bond donors (Lipinski definition) is 0. The molecule has 1 aliphatic heterocycles. The van der Waals surface area contributed by atoms with Crippen molar-refractivity contribution in [3.63, 3.8) is 0 Å². The van der Waals surface area contributed by atoms with Gasteiger partial charge < -0.3 is 4.74 Å². The van der Waals surface area contributed by atoms with Crippen molar-refractivity contribution in [1.82, 2.24) is 0 Å². The van der Waals surface area contributed by atoms with E-state index in [1.807, 2.05) is 0 Å². The van der Waals surface area contributed by atoms with Crippen LogP contribution in [0.3, 0.4) is 0 Å². The molecule has 1 nitrogen and oxygen atoms in total. The first-order chi connectivity index (χ1) is 9.38. The zero-order valence-electron chi connectivity index (χ0n) is 10.8. The molecule has 1 fully saturated rings. The van der Waals surface area contributed by atoms with Gasteiger partial charge in [-0.3, -0.25) is 0 Å². The van der Waals surface area contributed by atoms with Crippen LogP contribution in [0.1, 0.15) is 12.0 Å². The third-order valence-electron chi connectivity index (χ3n) is 4.01. The molecule has 0 unspecified atom stereocenters. The normalized spacial score (nSPS) is 23.5. The summed E-state index contributed by atoms with van der Waals surface area (Å²) in [6, 6.07) is 19.5. The number of benzene rings is 2. The molecule has 2 aromatic carbocycles. The largest absolute Gasteiger partial charge is 0.483 e. The highest BCUT2D eigenvalue weighted by molar-refractivity contribution is 5.63. The Labute approximate surface area is 113 Å². The predicted octanol–water partition coefficient (Wildman–Crippen LogP) is 4.20. The standard InChI is InChI=1S/C18H16O/c1-2-4-15(5-3-1)16-8-6-13(7-9-16)10-14-11-17-18(12-14)19-17/h1-9,11,14,18H,10,12H2/t14-,18+/m1/s1. The van der Waals surface area contributed by atoms with Crippen LogP contribution in [-0.4, -0.2) is 6.10 Å². The van der Waals surface area contributed by atoms with Crippen LogP contribution >= 0.6 is 0 Å². The van der Waals surface area contributed by atoms with Crippen LogP contribution in [0, 0.1) is 5.92 Å². The molecule has 19 heavy (non-hydrogen) atoms. The van der Waals surface area contributed by atoms with Crippen LogP contribution in [0.15, 0.2) is 66.4 Å². The Morgan fingerprint density at radius 3 is 2.32 bits per heavy atom. The quantitative estimate of drug-likeness (QED) is 0.742. The van der Waals surface area contributed by atoms with Gasteiger partial charge in [-0.25, -0.2) is 0 Å². The minimum atomic E-state index is 0.466. The molecular formula is C18H16O. The maximum atomic E-state index is 5.36. The smallest absolute Gasteiger partial charge is 0.155 e. The molecule has 2 aromatic rings. The zero-order chi connectivity index (χ0) is 12.7. The molecule has 2 atom stereocenters. The van der Waals surface area contributed by atoms with E-state index < -0.39 is 0 Å². The van der Waals surface area contributed by atoms with Gasteiger partial charge in [-0.05, 0) is 41.5 Å². The lowest BCUT2D eigenvalue weighted by atomic mass is 9.96. The van der Waals surface area contributed by atoms with E-state index in [9.17, 15) is 0 Å². The van der Waals surface area contributed by atoms with Gasteiger partial charge in [0.15, 0.2) is 6.10 Å². The van der Waals surface area contributed by atoms with Crippen molar-refractivity contribution >= 4 is 0 Å². The average molecular weight is 248 g/mol. The van der Waals surface area contributed by atoms with E-state index in [0.717, 1.165) is 6.42 Å². The fourth-order valence-electron chi connectivity index (χ4n) is 2.93. The number of hydrogen-bond acceptors (Lipinski definition) is 1. The Bertz CT molecular complexity index is 610.